The van der Waals surface area contributed by atoms with Gasteiger partial charge in [-0.25, -0.2) is 8.42 Å². The fraction of sp³-hybridized carbons (Fsp3) is 0. The quantitative estimate of drug-likeness (QED) is 0.756. The van der Waals surface area contributed by atoms with Gasteiger partial charge in [-0.15, -0.1) is 11.3 Å². The zero-order valence-corrected chi connectivity index (χ0v) is 13.4. The minimum absolute atomic E-state index is 0.162. The number of nitrogens with one attached hydrogen (secondary N) is 1. The van der Waals surface area contributed by atoms with Crippen LogP contribution in [0.25, 0.3) is 0 Å². The van der Waals surface area contributed by atoms with Crippen LogP contribution in [0.1, 0.15) is 0 Å². The standard InChI is InChI=1S/C10H8ClIN2O2S2/c11-8-2-1-6(12)3-9(8)14-18(15,16)10-4-7(13)5-17-10/h1-5,14H,13H2. The summed E-state index contributed by atoms with van der Waals surface area (Å²) in [6.45, 7) is 0. The minimum atomic E-state index is -3.63. The summed E-state index contributed by atoms with van der Waals surface area (Å²) in [4.78, 5) is 0. The van der Waals surface area contributed by atoms with Gasteiger partial charge >= 0.3 is 0 Å². The Morgan fingerprint density at radius 3 is 2.67 bits per heavy atom. The molecule has 1 heterocycles. The van der Waals surface area contributed by atoms with Crippen LogP contribution in [0.4, 0.5) is 11.4 Å². The molecular formula is C10H8ClIN2O2S2. The molecule has 0 amide bonds. The fourth-order valence-corrected chi connectivity index (χ4v) is 4.10. The number of nitrogen functional groups attached to an aromatic ring is 1. The van der Waals surface area contributed by atoms with Crippen molar-refractivity contribution in [2.24, 2.45) is 0 Å². The summed E-state index contributed by atoms with van der Waals surface area (Å²) < 4.78 is 27.6. The van der Waals surface area contributed by atoms with Crippen molar-refractivity contribution in [3.8, 4) is 0 Å². The number of rotatable bonds is 3. The monoisotopic (exact) mass is 414 g/mol. The second-order valence-corrected chi connectivity index (χ2v) is 7.90. The largest absolute Gasteiger partial charge is 0.398 e. The number of hydrogen-bond acceptors (Lipinski definition) is 4. The maximum absolute atomic E-state index is 12.1. The lowest BCUT2D eigenvalue weighted by Crippen LogP contribution is -2.12. The van der Waals surface area contributed by atoms with Gasteiger partial charge in [0.1, 0.15) is 4.21 Å². The number of thiophene rings is 1. The van der Waals surface area contributed by atoms with E-state index in [2.05, 4.69) is 27.3 Å². The highest BCUT2D eigenvalue weighted by molar-refractivity contribution is 14.1. The van der Waals surface area contributed by atoms with Gasteiger partial charge in [-0.2, -0.15) is 0 Å². The van der Waals surface area contributed by atoms with E-state index in [0.29, 0.717) is 16.4 Å². The molecule has 2 aromatic rings. The van der Waals surface area contributed by atoms with Gasteiger partial charge in [-0.1, -0.05) is 11.6 Å². The van der Waals surface area contributed by atoms with E-state index < -0.39 is 10.0 Å². The molecule has 8 heteroatoms. The van der Waals surface area contributed by atoms with Crippen LogP contribution in [0, 0.1) is 3.57 Å². The second kappa shape index (κ2) is 5.24. The summed E-state index contributed by atoms with van der Waals surface area (Å²) in [5, 5.41) is 1.92. The molecule has 4 nitrogen and oxygen atoms in total. The summed E-state index contributed by atoms with van der Waals surface area (Å²) in [6.07, 6.45) is 0. The van der Waals surface area contributed by atoms with Crippen molar-refractivity contribution >= 4 is 66.9 Å². The van der Waals surface area contributed by atoms with Crippen molar-refractivity contribution in [1.29, 1.82) is 0 Å². The van der Waals surface area contributed by atoms with Crippen LogP contribution < -0.4 is 10.5 Å². The van der Waals surface area contributed by atoms with Crippen molar-refractivity contribution in [3.63, 3.8) is 0 Å². The Labute approximate surface area is 127 Å². The number of sulfonamides is 1. The highest BCUT2D eigenvalue weighted by Crippen LogP contribution is 2.28. The van der Waals surface area contributed by atoms with Crippen LogP contribution in [0.3, 0.4) is 0 Å². The second-order valence-electron chi connectivity index (χ2n) is 3.43. The molecule has 96 valence electrons. The molecule has 18 heavy (non-hydrogen) atoms. The van der Waals surface area contributed by atoms with Crippen LogP contribution in [0.5, 0.6) is 0 Å². The van der Waals surface area contributed by atoms with Crippen molar-refractivity contribution in [2.45, 2.75) is 4.21 Å². The molecule has 0 aliphatic carbocycles. The van der Waals surface area contributed by atoms with Gasteiger partial charge < -0.3 is 5.73 Å². The molecule has 3 N–H and O–H groups in total. The Hall–Kier alpha value is -0.510. The molecule has 0 bridgehead atoms. The SMILES string of the molecule is Nc1csc(S(=O)(=O)Nc2cc(I)ccc2Cl)c1. The molecule has 1 aromatic carbocycles. The zero-order chi connectivity index (χ0) is 13.3. The highest BCUT2D eigenvalue weighted by atomic mass is 127. The third kappa shape index (κ3) is 3.08. The van der Waals surface area contributed by atoms with E-state index in [-0.39, 0.29) is 4.21 Å². The lowest BCUT2D eigenvalue weighted by molar-refractivity contribution is 0.603. The van der Waals surface area contributed by atoms with E-state index in [1.165, 1.54) is 6.07 Å². The molecule has 0 aliphatic heterocycles. The first-order valence-corrected chi connectivity index (χ1v) is 8.52. The van der Waals surface area contributed by atoms with Crippen LogP contribution >= 0.6 is 45.5 Å². The van der Waals surface area contributed by atoms with Gasteiger partial charge in [0, 0.05) is 14.6 Å². The average molecular weight is 415 g/mol. The van der Waals surface area contributed by atoms with E-state index in [0.717, 1.165) is 14.9 Å². The first kappa shape index (κ1) is 13.9. The van der Waals surface area contributed by atoms with Crippen LogP contribution in [-0.4, -0.2) is 8.42 Å². The van der Waals surface area contributed by atoms with E-state index in [1.54, 1.807) is 23.6 Å². The molecule has 0 atom stereocenters. The van der Waals surface area contributed by atoms with Crippen molar-refractivity contribution < 1.29 is 8.42 Å². The summed E-state index contributed by atoms with van der Waals surface area (Å²) in [6, 6.07) is 6.51. The van der Waals surface area contributed by atoms with Gasteiger partial charge in [0.05, 0.1) is 10.7 Å². The lowest BCUT2D eigenvalue weighted by Gasteiger charge is -2.08. The Morgan fingerprint density at radius 2 is 2.06 bits per heavy atom. The maximum Gasteiger partial charge on any atom is 0.271 e. The number of halogens is 2. The predicted octanol–water partition coefficient (Wildman–Crippen LogP) is 3.39. The van der Waals surface area contributed by atoms with Crippen molar-refractivity contribution in [2.75, 3.05) is 10.5 Å². The molecule has 1 aromatic heterocycles. The first-order chi connectivity index (χ1) is 8.38. The molecule has 0 saturated carbocycles. The third-order valence-corrected chi connectivity index (χ3v) is 5.86. The number of anilines is 2. The first-order valence-electron chi connectivity index (χ1n) is 4.70. The molecule has 0 radical (unpaired) electrons. The third-order valence-electron chi connectivity index (χ3n) is 2.03. The molecule has 0 unspecified atom stereocenters. The number of benzene rings is 1. The van der Waals surface area contributed by atoms with E-state index in [4.69, 9.17) is 17.3 Å². The van der Waals surface area contributed by atoms with E-state index in [9.17, 15) is 8.42 Å². The molecule has 0 spiro atoms. The molecule has 0 fully saturated rings. The smallest absolute Gasteiger partial charge is 0.271 e. The number of hydrogen-bond donors (Lipinski definition) is 2. The fourth-order valence-electron chi connectivity index (χ4n) is 1.24. The summed E-state index contributed by atoms with van der Waals surface area (Å²) in [7, 11) is -3.63. The predicted molar refractivity (Wildman–Crippen MR) is 83.7 cm³/mol. The van der Waals surface area contributed by atoms with Gasteiger partial charge in [-0.3, -0.25) is 4.72 Å². The zero-order valence-electron chi connectivity index (χ0n) is 8.85. The maximum atomic E-state index is 12.1. The Bertz CT molecular complexity index is 685. The summed E-state index contributed by atoms with van der Waals surface area (Å²) >= 11 is 9.09. The van der Waals surface area contributed by atoms with Crippen LogP contribution in [-0.2, 0) is 10.0 Å². The van der Waals surface area contributed by atoms with Gasteiger partial charge in [0.15, 0.2) is 0 Å². The topological polar surface area (TPSA) is 72.2 Å². The molecule has 2 rings (SSSR count). The Morgan fingerprint density at radius 1 is 1.33 bits per heavy atom. The summed E-state index contributed by atoms with van der Waals surface area (Å²) in [5.41, 5.74) is 6.30. The van der Waals surface area contributed by atoms with E-state index in [1.807, 2.05) is 0 Å². The Balaban J connectivity index is 2.36. The van der Waals surface area contributed by atoms with Gasteiger partial charge in [0.2, 0.25) is 0 Å². The number of nitrogens with two attached hydrogens (primary N) is 1. The molecule has 0 saturated heterocycles. The lowest BCUT2D eigenvalue weighted by atomic mass is 10.3. The molecular weight excluding hydrogens is 407 g/mol. The summed E-state index contributed by atoms with van der Waals surface area (Å²) in [5.74, 6) is 0. The highest BCUT2D eigenvalue weighted by Gasteiger charge is 2.17. The van der Waals surface area contributed by atoms with Crippen LogP contribution in [0.2, 0.25) is 5.02 Å². The normalized spacial score (nSPS) is 11.4. The van der Waals surface area contributed by atoms with Crippen molar-refractivity contribution in [1.82, 2.24) is 0 Å². The van der Waals surface area contributed by atoms with Crippen molar-refractivity contribution in [3.05, 3.63) is 38.2 Å². The Kier molecular flexibility index (Phi) is 4.05. The van der Waals surface area contributed by atoms with Crippen LogP contribution in [0.15, 0.2) is 33.9 Å². The van der Waals surface area contributed by atoms with Gasteiger partial charge in [-0.05, 0) is 46.9 Å². The molecule has 0 aliphatic rings. The average Bonchev–Trinajstić information content (AvgIpc) is 2.71. The van der Waals surface area contributed by atoms with Gasteiger partial charge in [0.25, 0.3) is 10.0 Å². The van der Waals surface area contributed by atoms with E-state index >= 15 is 0 Å². The minimum Gasteiger partial charge on any atom is -0.398 e.